The first-order valence-electron chi connectivity index (χ1n) is 5.14. The van der Waals surface area contributed by atoms with E-state index in [9.17, 15) is 4.79 Å². The van der Waals surface area contributed by atoms with Crippen molar-refractivity contribution in [1.29, 1.82) is 0 Å². The molecule has 0 aromatic heterocycles. The molecule has 0 unspecified atom stereocenters. The number of carbonyl (C=O) groups is 2. The summed E-state index contributed by atoms with van der Waals surface area (Å²) in [5.41, 5.74) is 5.12. The van der Waals surface area contributed by atoms with E-state index < -0.39 is 5.54 Å². The van der Waals surface area contributed by atoms with E-state index in [0.29, 0.717) is 6.61 Å². The lowest BCUT2D eigenvalue weighted by Crippen LogP contribution is -2.54. The summed E-state index contributed by atoms with van der Waals surface area (Å²) in [5, 5.41) is 6.89. The topological polar surface area (TPSA) is 89.6 Å². The Morgan fingerprint density at radius 3 is 2.47 bits per heavy atom. The molecule has 88 valence electrons. The average molecular weight is 217 g/mol. The van der Waals surface area contributed by atoms with Crippen molar-refractivity contribution in [2.24, 2.45) is 5.73 Å². The van der Waals surface area contributed by atoms with Crippen molar-refractivity contribution in [2.75, 3.05) is 6.61 Å². The van der Waals surface area contributed by atoms with Crippen LogP contribution in [0.4, 0.5) is 0 Å². The van der Waals surface area contributed by atoms with Crippen molar-refractivity contribution in [3.05, 3.63) is 0 Å². The van der Waals surface area contributed by atoms with Gasteiger partial charge in [-0.05, 0) is 25.7 Å². The van der Waals surface area contributed by atoms with Crippen LogP contribution in [0.25, 0.3) is 0 Å². The van der Waals surface area contributed by atoms with Gasteiger partial charge in [0.15, 0.2) is 0 Å². The second kappa shape index (κ2) is 7.23. The minimum absolute atomic E-state index is 0.206. The molecule has 1 rings (SSSR count). The summed E-state index contributed by atoms with van der Waals surface area (Å²) in [6, 6.07) is 0. The summed E-state index contributed by atoms with van der Waals surface area (Å²) in [6.45, 7) is 2.34. The zero-order valence-corrected chi connectivity index (χ0v) is 9.07. The fourth-order valence-corrected chi connectivity index (χ4v) is 1.21. The normalized spacial score (nSPS) is 16.7. The highest BCUT2D eigenvalue weighted by atomic mass is 16.5. The van der Waals surface area contributed by atoms with Gasteiger partial charge in [0.2, 0.25) is 0 Å². The van der Waals surface area contributed by atoms with E-state index in [1.165, 1.54) is 0 Å². The monoisotopic (exact) mass is 217 g/mol. The largest absolute Gasteiger partial charge is 0.483 e. The fourth-order valence-electron chi connectivity index (χ4n) is 1.21. The van der Waals surface area contributed by atoms with Crippen LogP contribution in [0.5, 0.6) is 0 Å². The van der Waals surface area contributed by atoms with Crippen LogP contribution >= 0.6 is 0 Å². The van der Waals surface area contributed by atoms with E-state index in [1.54, 1.807) is 0 Å². The Morgan fingerprint density at radius 1 is 1.60 bits per heavy atom. The molecule has 1 aliphatic rings. The summed E-state index contributed by atoms with van der Waals surface area (Å²) in [7, 11) is 0. The van der Waals surface area contributed by atoms with Crippen LogP contribution in [0.2, 0.25) is 0 Å². The number of hydrogen-bond donors (Lipinski definition) is 2. The van der Waals surface area contributed by atoms with Gasteiger partial charge in [-0.2, -0.15) is 0 Å². The Morgan fingerprint density at radius 2 is 2.13 bits per heavy atom. The molecule has 0 aromatic carbocycles. The maximum Gasteiger partial charge on any atom is 0.326 e. The minimum atomic E-state index is -0.631. The molecule has 0 bridgehead atoms. The van der Waals surface area contributed by atoms with Gasteiger partial charge < -0.3 is 15.6 Å². The Labute approximate surface area is 89.6 Å². The summed E-state index contributed by atoms with van der Waals surface area (Å²) >= 11 is 0. The van der Waals surface area contributed by atoms with Gasteiger partial charge in [-0.25, -0.2) is 0 Å². The van der Waals surface area contributed by atoms with E-state index in [2.05, 4.69) is 6.92 Å². The lowest BCUT2D eigenvalue weighted by Gasteiger charge is -2.34. The number of rotatable bonds is 4. The van der Waals surface area contributed by atoms with Crippen LogP contribution < -0.4 is 5.73 Å². The third-order valence-electron chi connectivity index (χ3n) is 2.38. The molecule has 3 N–H and O–H groups in total. The first-order valence-corrected chi connectivity index (χ1v) is 5.14. The number of hydrogen-bond acceptors (Lipinski definition) is 4. The summed E-state index contributed by atoms with van der Waals surface area (Å²) in [6.07, 6.45) is 4.61. The zero-order chi connectivity index (χ0) is 11.7. The van der Waals surface area contributed by atoms with Crippen LogP contribution in [0.15, 0.2) is 0 Å². The summed E-state index contributed by atoms with van der Waals surface area (Å²) < 4.78 is 5.03. The van der Waals surface area contributed by atoms with Crippen molar-refractivity contribution in [2.45, 2.75) is 44.6 Å². The van der Waals surface area contributed by atoms with Crippen LogP contribution in [-0.2, 0) is 14.3 Å². The van der Waals surface area contributed by atoms with Crippen molar-refractivity contribution in [1.82, 2.24) is 0 Å². The van der Waals surface area contributed by atoms with Gasteiger partial charge in [0, 0.05) is 0 Å². The molecule has 0 radical (unpaired) electrons. The second-order valence-corrected chi connectivity index (χ2v) is 3.60. The molecule has 1 aliphatic carbocycles. The van der Waals surface area contributed by atoms with Gasteiger partial charge in [0.05, 0.1) is 6.61 Å². The average Bonchev–Trinajstić information content (AvgIpc) is 2.15. The molecule has 0 atom stereocenters. The van der Waals surface area contributed by atoms with Crippen LogP contribution in [0, 0.1) is 0 Å². The van der Waals surface area contributed by atoms with Crippen molar-refractivity contribution >= 4 is 12.4 Å². The predicted octanol–water partition coefficient (Wildman–Crippen LogP) is 0.912. The number of esters is 1. The van der Waals surface area contributed by atoms with Crippen LogP contribution in [0.3, 0.4) is 0 Å². The lowest BCUT2D eigenvalue weighted by atomic mass is 9.78. The molecule has 5 heteroatoms. The van der Waals surface area contributed by atoms with E-state index in [1.807, 2.05) is 0 Å². The summed E-state index contributed by atoms with van der Waals surface area (Å²) in [5.74, 6) is -0.206. The zero-order valence-electron chi connectivity index (χ0n) is 9.07. The van der Waals surface area contributed by atoms with E-state index in [-0.39, 0.29) is 12.4 Å². The molecular formula is C10H19NO4. The molecule has 0 saturated heterocycles. The predicted molar refractivity (Wildman–Crippen MR) is 55.3 cm³/mol. The molecule has 0 heterocycles. The van der Waals surface area contributed by atoms with Gasteiger partial charge in [-0.1, -0.05) is 13.3 Å². The van der Waals surface area contributed by atoms with E-state index in [0.717, 1.165) is 32.1 Å². The van der Waals surface area contributed by atoms with Gasteiger partial charge in [-0.15, -0.1) is 0 Å². The molecule has 1 fully saturated rings. The molecule has 1 saturated carbocycles. The van der Waals surface area contributed by atoms with Crippen molar-refractivity contribution in [3.8, 4) is 0 Å². The molecule has 0 spiro atoms. The van der Waals surface area contributed by atoms with Gasteiger partial charge >= 0.3 is 5.97 Å². The third-order valence-corrected chi connectivity index (χ3v) is 2.38. The van der Waals surface area contributed by atoms with Gasteiger partial charge in [0.1, 0.15) is 5.54 Å². The van der Waals surface area contributed by atoms with Crippen molar-refractivity contribution < 1.29 is 19.4 Å². The number of carboxylic acid groups (broad SMARTS) is 1. The lowest BCUT2D eigenvalue weighted by molar-refractivity contribution is -0.153. The van der Waals surface area contributed by atoms with E-state index >= 15 is 0 Å². The van der Waals surface area contributed by atoms with E-state index in [4.69, 9.17) is 20.4 Å². The highest BCUT2D eigenvalue weighted by Crippen LogP contribution is 2.30. The van der Waals surface area contributed by atoms with Crippen LogP contribution in [-0.4, -0.2) is 29.7 Å². The Bertz CT molecular complexity index is 202. The molecule has 5 nitrogen and oxygen atoms in total. The highest BCUT2D eigenvalue weighted by Gasteiger charge is 2.41. The Kier molecular flexibility index (Phi) is 6.70. The standard InChI is InChI=1S/C9H17NO2.CH2O2/c1-2-3-7-12-8(11)9(10)5-4-6-9;2-1-3/h2-7,10H2,1H3;1H,(H,2,3). The first-order chi connectivity index (χ1) is 7.10. The number of unbranched alkanes of at least 4 members (excludes halogenated alkanes) is 1. The summed E-state index contributed by atoms with van der Waals surface area (Å²) in [4.78, 5) is 19.6. The maximum atomic E-state index is 11.3. The molecule has 15 heavy (non-hydrogen) atoms. The third kappa shape index (κ3) is 4.78. The SMILES string of the molecule is CCCCOC(=O)C1(N)CCC1.O=CO. The Balaban J connectivity index is 0.000000583. The highest BCUT2D eigenvalue weighted by molar-refractivity contribution is 5.81. The number of carbonyl (C=O) groups excluding carboxylic acids is 1. The minimum Gasteiger partial charge on any atom is -0.483 e. The second-order valence-electron chi connectivity index (χ2n) is 3.60. The smallest absolute Gasteiger partial charge is 0.326 e. The fraction of sp³-hybridized carbons (Fsp3) is 0.800. The molecule has 0 aliphatic heterocycles. The molecule has 0 aromatic rings. The number of ether oxygens (including phenoxy) is 1. The molecule has 0 amide bonds. The van der Waals surface area contributed by atoms with Crippen LogP contribution in [0.1, 0.15) is 39.0 Å². The Hall–Kier alpha value is -1.10. The van der Waals surface area contributed by atoms with Gasteiger partial charge in [-0.3, -0.25) is 9.59 Å². The quantitative estimate of drug-likeness (QED) is 0.415. The van der Waals surface area contributed by atoms with Gasteiger partial charge in [0.25, 0.3) is 6.47 Å². The first kappa shape index (κ1) is 13.9. The maximum absolute atomic E-state index is 11.3. The van der Waals surface area contributed by atoms with Crippen molar-refractivity contribution in [3.63, 3.8) is 0 Å². The molecular weight excluding hydrogens is 198 g/mol. The number of nitrogens with two attached hydrogens (primary N) is 1.